The minimum Gasteiger partial charge on any atom is -0.479 e. The zero-order valence-electron chi connectivity index (χ0n) is 11.5. The summed E-state index contributed by atoms with van der Waals surface area (Å²) in [5.41, 5.74) is 0. The molecule has 21 heavy (non-hydrogen) atoms. The van der Waals surface area contributed by atoms with Crippen LogP contribution in [0.3, 0.4) is 0 Å². The van der Waals surface area contributed by atoms with Crippen LogP contribution in [0, 0.1) is 0 Å². The molecule has 1 aromatic carbocycles. The first-order valence-electron chi connectivity index (χ1n) is 6.23. The Morgan fingerprint density at radius 3 is 2.86 bits per heavy atom. The minimum absolute atomic E-state index is 0.263. The molecule has 1 unspecified atom stereocenters. The van der Waals surface area contributed by atoms with E-state index in [9.17, 15) is 4.79 Å². The highest BCUT2D eigenvalue weighted by Crippen LogP contribution is 2.26. The van der Waals surface area contributed by atoms with Crippen molar-refractivity contribution in [1.29, 1.82) is 0 Å². The summed E-state index contributed by atoms with van der Waals surface area (Å²) in [6.45, 7) is 1.87. The highest BCUT2D eigenvalue weighted by Gasteiger charge is 2.21. The van der Waals surface area contributed by atoms with Crippen LogP contribution in [-0.2, 0) is 4.79 Å². The van der Waals surface area contributed by atoms with Gasteiger partial charge in [-0.1, -0.05) is 53.8 Å². The van der Waals surface area contributed by atoms with Gasteiger partial charge in [-0.3, -0.25) is 10.1 Å². The molecule has 0 spiro atoms. The summed E-state index contributed by atoms with van der Waals surface area (Å²) in [4.78, 5) is 12.2. The van der Waals surface area contributed by atoms with Gasteiger partial charge in [0.15, 0.2) is 10.4 Å². The Morgan fingerprint density at radius 2 is 2.24 bits per heavy atom. The molecule has 1 amide bonds. The van der Waals surface area contributed by atoms with E-state index >= 15 is 0 Å². The molecule has 0 aliphatic rings. The molecule has 112 valence electrons. The van der Waals surface area contributed by atoms with Gasteiger partial charge in [0.1, 0.15) is 5.75 Å². The average molecular weight is 344 g/mol. The predicted octanol–water partition coefficient (Wildman–Crippen LogP) is 3.71. The molecule has 5 nitrogen and oxygen atoms in total. The van der Waals surface area contributed by atoms with Crippen molar-refractivity contribution in [2.24, 2.45) is 0 Å². The molecule has 2 aromatic rings. The molecule has 2 rings (SSSR count). The maximum atomic E-state index is 12.2. The summed E-state index contributed by atoms with van der Waals surface area (Å²) in [5.74, 6) is 0.226. The van der Waals surface area contributed by atoms with E-state index in [-0.39, 0.29) is 5.91 Å². The monoisotopic (exact) mass is 343 g/mol. The number of carbonyl (C=O) groups excluding carboxylic acids is 1. The van der Waals surface area contributed by atoms with Crippen molar-refractivity contribution in [3.8, 4) is 5.75 Å². The van der Waals surface area contributed by atoms with Gasteiger partial charge in [-0.05, 0) is 24.8 Å². The van der Waals surface area contributed by atoms with Crippen LogP contribution in [0.4, 0.5) is 5.13 Å². The van der Waals surface area contributed by atoms with E-state index in [0.717, 1.165) is 4.34 Å². The summed E-state index contributed by atoms with van der Waals surface area (Å²) in [5, 5.41) is 11.5. The average Bonchev–Trinajstić information content (AvgIpc) is 2.94. The molecule has 1 N–H and O–H groups in total. The lowest BCUT2D eigenvalue weighted by molar-refractivity contribution is -0.122. The highest BCUT2D eigenvalue weighted by molar-refractivity contribution is 8.00. The SMILES string of the molecule is CCC(Oc1ccccc1Cl)C(=O)Nc1nnc(SC)s1. The molecule has 1 heterocycles. The molecule has 0 saturated carbocycles. The van der Waals surface area contributed by atoms with Gasteiger partial charge in [0.25, 0.3) is 5.91 Å². The number of amides is 1. The second-order valence-electron chi connectivity index (χ2n) is 4.01. The van der Waals surface area contributed by atoms with Crippen molar-refractivity contribution in [3.05, 3.63) is 29.3 Å². The Labute approximate surface area is 136 Å². The third-order valence-corrected chi connectivity index (χ3v) is 4.71. The third kappa shape index (κ3) is 4.33. The van der Waals surface area contributed by atoms with E-state index < -0.39 is 6.10 Å². The number of anilines is 1. The number of rotatable bonds is 6. The normalized spacial score (nSPS) is 12.0. The number of para-hydroxylation sites is 1. The molecule has 0 aliphatic heterocycles. The van der Waals surface area contributed by atoms with Crippen LogP contribution < -0.4 is 10.1 Å². The smallest absolute Gasteiger partial charge is 0.267 e. The van der Waals surface area contributed by atoms with E-state index in [2.05, 4.69) is 15.5 Å². The highest BCUT2D eigenvalue weighted by atomic mass is 35.5. The second kappa shape index (κ2) is 7.63. The predicted molar refractivity (Wildman–Crippen MR) is 86.5 cm³/mol. The van der Waals surface area contributed by atoms with E-state index in [4.69, 9.17) is 16.3 Å². The molecule has 0 aliphatic carbocycles. The molecule has 0 bridgehead atoms. The van der Waals surface area contributed by atoms with Gasteiger partial charge in [-0.2, -0.15) is 0 Å². The molecule has 0 fully saturated rings. The molecule has 1 atom stereocenters. The molecular weight excluding hydrogens is 330 g/mol. The Morgan fingerprint density at radius 1 is 1.48 bits per heavy atom. The lowest BCUT2D eigenvalue weighted by atomic mass is 10.2. The largest absolute Gasteiger partial charge is 0.479 e. The summed E-state index contributed by atoms with van der Waals surface area (Å²) in [7, 11) is 0. The van der Waals surface area contributed by atoms with Crippen LogP contribution in [0.25, 0.3) is 0 Å². The van der Waals surface area contributed by atoms with Crippen molar-refractivity contribution in [3.63, 3.8) is 0 Å². The molecule has 0 radical (unpaired) electrons. The maximum absolute atomic E-state index is 12.2. The fraction of sp³-hybridized carbons (Fsp3) is 0.308. The zero-order chi connectivity index (χ0) is 15.2. The number of nitrogens with one attached hydrogen (secondary N) is 1. The van der Waals surface area contributed by atoms with Gasteiger partial charge in [0, 0.05) is 0 Å². The number of halogens is 1. The molecule has 8 heteroatoms. The van der Waals surface area contributed by atoms with Crippen LogP contribution in [0.5, 0.6) is 5.75 Å². The lowest BCUT2D eigenvalue weighted by Gasteiger charge is -2.17. The topological polar surface area (TPSA) is 64.1 Å². The minimum atomic E-state index is -0.633. The van der Waals surface area contributed by atoms with Crippen molar-refractivity contribution in [1.82, 2.24) is 10.2 Å². The molecular formula is C13H14ClN3O2S2. The first-order chi connectivity index (χ1) is 10.1. The zero-order valence-corrected chi connectivity index (χ0v) is 13.9. The Kier molecular flexibility index (Phi) is 5.84. The molecule has 0 saturated heterocycles. The lowest BCUT2D eigenvalue weighted by Crippen LogP contribution is -2.32. The molecule has 1 aromatic heterocycles. The van der Waals surface area contributed by atoms with Crippen LogP contribution in [0.2, 0.25) is 5.02 Å². The number of ether oxygens (including phenoxy) is 1. The number of carbonyl (C=O) groups is 1. The quantitative estimate of drug-likeness (QED) is 0.640. The van der Waals surface area contributed by atoms with Crippen molar-refractivity contribution in [2.75, 3.05) is 11.6 Å². The van der Waals surface area contributed by atoms with E-state index in [1.54, 1.807) is 24.3 Å². The fourth-order valence-corrected chi connectivity index (χ4v) is 2.90. The summed E-state index contributed by atoms with van der Waals surface area (Å²) in [6, 6.07) is 7.06. The number of hydrogen-bond acceptors (Lipinski definition) is 6. The van der Waals surface area contributed by atoms with E-state index in [1.807, 2.05) is 13.2 Å². The fourth-order valence-electron chi connectivity index (χ4n) is 1.54. The number of aromatic nitrogens is 2. The van der Waals surface area contributed by atoms with Crippen LogP contribution in [0.1, 0.15) is 13.3 Å². The van der Waals surface area contributed by atoms with Gasteiger partial charge in [0.05, 0.1) is 5.02 Å². The van der Waals surface area contributed by atoms with Crippen molar-refractivity contribution < 1.29 is 9.53 Å². The van der Waals surface area contributed by atoms with Gasteiger partial charge in [0.2, 0.25) is 5.13 Å². The van der Waals surface area contributed by atoms with Crippen LogP contribution in [0.15, 0.2) is 28.6 Å². The first kappa shape index (κ1) is 16.1. The van der Waals surface area contributed by atoms with Gasteiger partial charge >= 0.3 is 0 Å². The number of thioether (sulfide) groups is 1. The summed E-state index contributed by atoms with van der Waals surface area (Å²) < 4.78 is 6.47. The van der Waals surface area contributed by atoms with Gasteiger partial charge in [-0.15, -0.1) is 10.2 Å². The van der Waals surface area contributed by atoms with Crippen molar-refractivity contribution in [2.45, 2.75) is 23.8 Å². The van der Waals surface area contributed by atoms with Gasteiger partial charge < -0.3 is 4.74 Å². The number of hydrogen-bond donors (Lipinski definition) is 1. The van der Waals surface area contributed by atoms with Crippen LogP contribution >= 0.6 is 34.7 Å². The van der Waals surface area contributed by atoms with E-state index in [1.165, 1.54) is 23.1 Å². The standard InChI is InChI=1S/C13H14ClN3O2S2/c1-3-9(19-10-7-5-4-6-8(10)14)11(18)15-12-16-17-13(20-2)21-12/h4-7,9H,3H2,1-2H3,(H,15,16,18). The third-order valence-electron chi connectivity index (χ3n) is 2.58. The maximum Gasteiger partial charge on any atom is 0.267 e. The number of nitrogens with zero attached hydrogens (tertiary/aromatic N) is 2. The number of benzene rings is 1. The van der Waals surface area contributed by atoms with Crippen molar-refractivity contribution >= 4 is 45.7 Å². The van der Waals surface area contributed by atoms with Gasteiger partial charge in [-0.25, -0.2) is 0 Å². The second-order valence-corrected chi connectivity index (χ2v) is 6.45. The Bertz CT molecular complexity index is 621. The summed E-state index contributed by atoms with van der Waals surface area (Å²) >= 11 is 8.84. The Hall–Kier alpha value is -1.31. The first-order valence-corrected chi connectivity index (χ1v) is 8.65. The Balaban J connectivity index is 2.03. The van der Waals surface area contributed by atoms with E-state index in [0.29, 0.717) is 22.3 Å². The summed E-state index contributed by atoms with van der Waals surface area (Å²) in [6.07, 6.45) is 1.79. The van der Waals surface area contributed by atoms with Crippen LogP contribution in [-0.4, -0.2) is 28.5 Å².